The van der Waals surface area contributed by atoms with Gasteiger partial charge in [-0.1, -0.05) is 19.9 Å². The quantitative estimate of drug-likeness (QED) is 0.887. The Morgan fingerprint density at radius 1 is 1.24 bits per heavy atom. The number of rotatable bonds is 5. The molecule has 5 nitrogen and oxygen atoms in total. The maximum atomic E-state index is 5.67. The van der Waals surface area contributed by atoms with E-state index in [1.54, 1.807) is 6.20 Å². The van der Waals surface area contributed by atoms with Crippen molar-refractivity contribution < 1.29 is 9.47 Å². The monoisotopic (exact) mass is 287 g/mol. The summed E-state index contributed by atoms with van der Waals surface area (Å²) in [4.78, 5) is 7.36. The lowest BCUT2D eigenvalue weighted by molar-refractivity contribution is 0.171. The first-order chi connectivity index (χ1) is 10.2. The lowest BCUT2D eigenvalue weighted by Crippen LogP contribution is -2.26. The van der Waals surface area contributed by atoms with Crippen LogP contribution in [0.5, 0.6) is 11.5 Å². The maximum absolute atomic E-state index is 5.67. The van der Waals surface area contributed by atoms with Crippen LogP contribution in [0.1, 0.15) is 31.3 Å². The Morgan fingerprint density at radius 3 is 2.76 bits per heavy atom. The minimum absolute atomic E-state index is 0.242. The maximum Gasteiger partial charge on any atom is 0.161 e. The lowest BCUT2D eigenvalue weighted by atomic mass is 9.95. The molecule has 1 aliphatic heterocycles. The van der Waals surface area contributed by atoms with Gasteiger partial charge in [-0.3, -0.25) is 0 Å². The molecule has 1 atom stereocenters. The zero-order valence-electron chi connectivity index (χ0n) is 12.4. The first kappa shape index (κ1) is 13.9. The molecule has 0 aliphatic carbocycles. The van der Waals surface area contributed by atoms with E-state index in [0.717, 1.165) is 17.3 Å². The highest BCUT2D eigenvalue weighted by Crippen LogP contribution is 2.34. The third-order valence-corrected chi connectivity index (χ3v) is 3.64. The van der Waals surface area contributed by atoms with Crippen LogP contribution in [0.15, 0.2) is 30.6 Å². The summed E-state index contributed by atoms with van der Waals surface area (Å²) in [5, 5.41) is 3.55. The molecular weight excluding hydrogens is 266 g/mol. The van der Waals surface area contributed by atoms with E-state index in [4.69, 9.17) is 9.47 Å². The van der Waals surface area contributed by atoms with E-state index >= 15 is 0 Å². The van der Waals surface area contributed by atoms with Crippen LogP contribution in [0.3, 0.4) is 0 Å². The molecule has 2 aromatic rings. The minimum Gasteiger partial charge on any atom is -0.486 e. The molecule has 1 unspecified atom stereocenters. The Balaban J connectivity index is 1.76. The summed E-state index contributed by atoms with van der Waals surface area (Å²) in [7, 11) is 0. The molecular formula is C16H21N3O2. The Hall–Kier alpha value is -2.01. The predicted octanol–water partition coefficient (Wildman–Crippen LogP) is 2.67. The van der Waals surface area contributed by atoms with Crippen molar-refractivity contribution in [1.29, 1.82) is 0 Å². The largest absolute Gasteiger partial charge is 0.486 e. The van der Waals surface area contributed by atoms with Crippen LogP contribution in [0, 0.1) is 5.92 Å². The van der Waals surface area contributed by atoms with Crippen LogP contribution in [-0.2, 0) is 6.54 Å². The zero-order chi connectivity index (χ0) is 14.7. The number of aromatic amines is 1. The fourth-order valence-corrected chi connectivity index (χ4v) is 2.59. The van der Waals surface area contributed by atoms with Gasteiger partial charge in [0.1, 0.15) is 19.0 Å². The van der Waals surface area contributed by atoms with E-state index in [9.17, 15) is 0 Å². The number of H-pyrrole nitrogens is 1. The van der Waals surface area contributed by atoms with Gasteiger partial charge in [0, 0.05) is 18.4 Å². The normalized spacial score (nSPS) is 15.2. The average molecular weight is 287 g/mol. The molecule has 0 amide bonds. The number of hydrogen-bond donors (Lipinski definition) is 2. The summed E-state index contributed by atoms with van der Waals surface area (Å²) in [6.45, 7) is 6.36. The van der Waals surface area contributed by atoms with E-state index in [1.807, 2.05) is 12.3 Å². The van der Waals surface area contributed by atoms with Crippen molar-refractivity contribution in [3.63, 3.8) is 0 Å². The molecule has 0 spiro atoms. The summed E-state index contributed by atoms with van der Waals surface area (Å²) in [5.41, 5.74) is 1.21. The molecule has 5 heteroatoms. The first-order valence-electron chi connectivity index (χ1n) is 7.35. The van der Waals surface area contributed by atoms with Gasteiger partial charge in [0.15, 0.2) is 11.5 Å². The Kier molecular flexibility index (Phi) is 4.10. The second kappa shape index (κ2) is 6.18. The van der Waals surface area contributed by atoms with E-state index in [0.29, 0.717) is 25.7 Å². The van der Waals surface area contributed by atoms with Crippen molar-refractivity contribution >= 4 is 0 Å². The van der Waals surface area contributed by atoms with Gasteiger partial charge in [-0.15, -0.1) is 0 Å². The molecule has 21 heavy (non-hydrogen) atoms. The van der Waals surface area contributed by atoms with Gasteiger partial charge >= 0.3 is 0 Å². The number of imidazole rings is 1. The Morgan fingerprint density at radius 2 is 2.05 bits per heavy atom. The number of fused-ring (bicyclic) bond motifs is 1. The SMILES string of the molecule is CC(C)C(NCc1ncc[nH]1)c1ccc2c(c1)OCCO2. The van der Waals surface area contributed by atoms with Crippen LogP contribution in [0.25, 0.3) is 0 Å². The van der Waals surface area contributed by atoms with Gasteiger partial charge in [-0.2, -0.15) is 0 Å². The predicted molar refractivity (Wildman–Crippen MR) is 80.4 cm³/mol. The topological polar surface area (TPSA) is 59.2 Å². The molecule has 1 aromatic heterocycles. The summed E-state index contributed by atoms with van der Waals surface area (Å²) in [5.74, 6) is 3.07. The molecule has 3 rings (SSSR count). The van der Waals surface area contributed by atoms with Crippen LogP contribution in [-0.4, -0.2) is 23.2 Å². The smallest absolute Gasteiger partial charge is 0.161 e. The van der Waals surface area contributed by atoms with Gasteiger partial charge in [0.05, 0.1) is 6.54 Å². The summed E-state index contributed by atoms with van der Waals surface area (Å²) >= 11 is 0. The van der Waals surface area contributed by atoms with E-state index < -0.39 is 0 Å². The highest BCUT2D eigenvalue weighted by atomic mass is 16.6. The number of ether oxygens (including phenoxy) is 2. The minimum atomic E-state index is 0.242. The molecule has 2 heterocycles. The molecule has 0 bridgehead atoms. The van der Waals surface area contributed by atoms with Gasteiger partial charge in [-0.05, 0) is 23.6 Å². The summed E-state index contributed by atoms with van der Waals surface area (Å²) in [6.07, 6.45) is 3.61. The molecule has 112 valence electrons. The highest BCUT2D eigenvalue weighted by molar-refractivity contribution is 5.44. The lowest BCUT2D eigenvalue weighted by Gasteiger charge is -2.25. The second-order valence-electron chi connectivity index (χ2n) is 5.54. The van der Waals surface area contributed by atoms with Crippen molar-refractivity contribution in [1.82, 2.24) is 15.3 Å². The van der Waals surface area contributed by atoms with Gasteiger partial charge in [0.25, 0.3) is 0 Å². The van der Waals surface area contributed by atoms with E-state index in [-0.39, 0.29) is 6.04 Å². The van der Waals surface area contributed by atoms with E-state index in [1.165, 1.54) is 5.56 Å². The van der Waals surface area contributed by atoms with Gasteiger partial charge in [-0.25, -0.2) is 4.98 Å². The van der Waals surface area contributed by atoms with Crippen molar-refractivity contribution in [3.05, 3.63) is 42.0 Å². The first-order valence-corrected chi connectivity index (χ1v) is 7.35. The van der Waals surface area contributed by atoms with Crippen LogP contribution < -0.4 is 14.8 Å². The van der Waals surface area contributed by atoms with Crippen molar-refractivity contribution in [2.24, 2.45) is 5.92 Å². The van der Waals surface area contributed by atoms with Crippen molar-refractivity contribution in [2.75, 3.05) is 13.2 Å². The molecule has 2 N–H and O–H groups in total. The van der Waals surface area contributed by atoms with Crippen LogP contribution >= 0.6 is 0 Å². The second-order valence-corrected chi connectivity index (χ2v) is 5.54. The number of nitrogens with one attached hydrogen (secondary N) is 2. The van der Waals surface area contributed by atoms with Gasteiger partial charge < -0.3 is 19.8 Å². The zero-order valence-corrected chi connectivity index (χ0v) is 12.4. The number of benzene rings is 1. The van der Waals surface area contributed by atoms with Crippen LogP contribution in [0.4, 0.5) is 0 Å². The highest BCUT2D eigenvalue weighted by Gasteiger charge is 2.19. The molecule has 0 saturated carbocycles. The summed E-state index contributed by atoms with van der Waals surface area (Å²) in [6, 6.07) is 6.42. The van der Waals surface area contributed by atoms with Gasteiger partial charge in [0.2, 0.25) is 0 Å². The Labute approximate surface area is 124 Å². The van der Waals surface area contributed by atoms with E-state index in [2.05, 4.69) is 41.3 Å². The molecule has 0 fully saturated rings. The standard InChI is InChI=1S/C16H21N3O2/c1-11(2)16(19-10-15-17-5-6-18-15)12-3-4-13-14(9-12)21-8-7-20-13/h3-6,9,11,16,19H,7-8,10H2,1-2H3,(H,17,18). The fraction of sp³-hybridized carbons (Fsp3) is 0.438. The summed E-state index contributed by atoms with van der Waals surface area (Å²) < 4.78 is 11.3. The molecule has 0 saturated heterocycles. The van der Waals surface area contributed by atoms with Crippen molar-refractivity contribution in [3.8, 4) is 11.5 Å². The molecule has 1 aromatic carbocycles. The molecule has 1 aliphatic rings. The van der Waals surface area contributed by atoms with Crippen molar-refractivity contribution in [2.45, 2.75) is 26.4 Å². The fourth-order valence-electron chi connectivity index (χ4n) is 2.59. The number of nitrogens with zero attached hydrogens (tertiary/aromatic N) is 1. The molecule has 0 radical (unpaired) electrons. The van der Waals surface area contributed by atoms with Crippen LogP contribution in [0.2, 0.25) is 0 Å². The third-order valence-electron chi connectivity index (χ3n) is 3.64. The Bertz CT molecular complexity index is 581. The third kappa shape index (κ3) is 3.19. The average Bonchev–Trinajstić information content (AvgIpc) is 3.00. The number of hydrogen-bond acceptors (Lipinski definition) is 4. The number of aromatic nitrogens is 2.